The Morgan fingerprint density at radius 1 is 1.32 bits per heavy atom. The summed E-state index contributed by atoms with van der Waals surface area (Å²) < 4.78 is 43.7. The van der Waals surface area contributed by atoms with Crippen LogP contribution in [-0.2, 0) is 17.5 Å². The Morgan fingerprint density at radius 3 is 2.86 bits per heavy atom. The van der Waals surface area contributed by atoms with Gasteiger partial charge in [-0.1, -0.05) is 6.07 Å². The molecule has 7 nitrogen and oxygen atoms in total. The number of benzene rings is 1. The Kier molecular flexibility index (Phi) is 6.10. The lowest BCUT2D eigenvalue weighted by molar-refractivity contribution is -0.137. The van der Waals surface area contributed by atoms with E-state index < -0.39 is 17.8 Å². The summed E-state index contributed by atoms with van der Waals surface area (Å²) in [7, 11) is 1.68. The van der Waals surface area contributed by atoms with Crippen LogP contribution in [0.15, 0.2) is 42.9 Å². The van der Waals surface area contributed by atoms with E-state index in [-0.39, 0.29) is 24.3 Å². The summed E-state index contributed by atoms with van der Waals surface area (Å²) in [6, 6.07) is 5.78. The Hall–Kier alpha value is -2.72. The molecule has 0 aliphatic carbocycles. The fourth-order valence-corrected chi connectivity index (χ4v) is 2.85. The first-order chi connectivity index (χ1) is 13.3. The molecule has 2 aromatic rings. The molecule has 1 aliphatic heterocycles. The molecule has 1 fully saturated rings. The average Bonchev–Trinajstić information content (AvgIpc) is 3.15. The van der Waals surface area contributed by atoms with E-state index in [9.17, 15) is 18.0 Å². The normalized spacial score (nSPS) is 19.4. The lowest BCUT2D eigenvalue weighted by Crippen LogP contribution is -2.44. The van der Waals surface area contributed by atoms with Crippen LogP contribution in [0.2, 0.25) is 0 Å². The number of hydrogen-bond acceptors (Lipinski definition) is 6. The highest BCUT2D eigenvalue weighted by molar-refractivity contribution is 5.81. The number of amides is 1. The second kappa shape index (κ2) is 8.53. The van der Waals surface area contributed by atoms with Gasteiger partial charge in [0.1, 0.15) is 24.7 Å². The topological polar surface area (TPSA) is 79.4 Å². The maximum Gasteiger partial charge on any atom is 0.416 e. The lowest BCUT2D eigenvalue weighted by Gasteiger charge is -2.20. The summed E-state index contributed by atoms with van der Waals surface area (Å²) in [4.78, 5) is 22.0. The van der Waals surface area contributed by atoms with E-state index >= 15 is 0 Å². The second-order valence-electron chi connectivity index (χ2n) is 6.51. The van der Waals surface area contributed by atoms with Crippen molar-refractivity contribution in [2.24, 2.45) is 0 Å². The molecule has 1 aromatic carbocycles. The zero-order chi connectivity index (χ0) is 20.1. The molecule has 0 spiro atoms. The van der Waals surface area contributed by atoms with Gasteiger partial charge in [0.25, 0.3) is 0 Å². The average molecular weight is 395 g/mol. The molecule has 0 bridgehead atoms. The molecule has 0 saturated carbocycles. The van der Waals surface area contributed by atoms with Crippen molar-refractivity contribution in [2.75, 3.05) is 13.7 Å². The van der Waals surface area contributed by atoms with Crippen molar-refractivity contribution < 1.29 is 22.7 Å². The smallest absolute Gasteiger partial charge is 0.416 e. The number of nitrogens with zero attached hydrogens (tertiary/aromatic N) is 3. The van der Waals surface area contributed by atoms with E-state index in [1.807, 2.05) is 0 Å². The molecule has 150 valence electrons. The quantitative estimate of drug-likeness (QED) is 0.776. The van der Waals surface area contributed by atoms with Crippen LogP contribution in [0.3, 0.4) is 0 Å². The first-order valence-electron chi connectivity index (χ1n) is 8.64. The Bertz CT molecular complexity index is 803. The van der Waals surface area contributed by atoms with E-state index in [0.29, 0.717) is 13.0 Å². The van der Waals surface area contributed by atoms with Gasteiger partial charge < -0.3 is 9.64 Å². The van der Waals surface area contributed by atoms with Crippen LogP contribution in [0.4, 0.5) is 13.2 Å². The van der Waals surface area contributed by atoms with Gasteiger partial charge in [0.2, 0.25) is 5.91 Å². The Labute approximate surface area is 159 Å². The summed E-state index contributed by atoms with van der Waals surface area (Å²) in [5, 5.41) is 0. The fraction of sp³-hybridized carbons (Fsp3) is 0.389. The number of hydrogen-bond donors (Lipinski definition) is 2. The SMILES string of the molecule is CN(Cc1ccncn1)C(=O)C1CC(COc2cccc(C(F)(F)F)c2)NN1. The van der Waals surface area contributed by atoms with Crippen LogP contribution in [0.25, 0.3) is 0 Å². The highest BCUT2D eigenvalue weighted by Gasteiger charge is 2.32. The molecule has 2 atom stereocenters. The number of halogens is 3. The Balaban J connectivity index is 1.49. The van der Waals surface area contributed by atoms with Crippen molar-refractivity contribution in [3.8, 4) is 5.75 Å². The van der Waals surface area contributed by atoms with Crippen molar-refractivity contribution in [3.05, 3.63) is 54.1 Å². The maximum atomic E-state index is 12.8. The van der Waals surface area contributed by atoms with Crippen LogP contribution < -0.4 is 15.6 Å². The van der Waals surface area contributed by atoms with Gasteiger partial charge in [0.15, 0.2) is 0 Å². The van der Waals surface area contributed by atoms with Crippen LogP contribution >= 0.6 is 0 Å². The largest absolute Gasteiger partial charge is 0.492 e. The summed E-state index contributed by atoms with van der Waals surface area (Å²) >= 11 is 0. The van der Waals surface area contributed by atoms with Crippen molar-refractivity contribution >= 4 is 5.91 Å². The highest BCUT2D eigenvalue weighted by Crippen LogP contribution is 2.31. The minimum absolute atomic E-state index is 0.118. The van der Waals surface area contributed by atoms with Gasteiger partial charge in [-0.3, -0.25) is 10.2 Å². The van der Waals surface area contributed by atoms with E-state index in [0.717, 1.165) is 17.8 Å². The second-order valence-corrected chi connectivity index (χ2v) is 6.51. The minimum Gasteiger partial charge on any atom is -0.492 e. The van der Waals surface area contributed by atoms with Crippen LogP contribution in [0.1, 0.15) is 17.7 Å². The molecule has 0 radical (unpaired) electrons. The number of rotatable bonds is 6. The van der Waals surface area contributed by atoms with Crippen molar-refractivity contribution in [3.63, 3.8) is 0 Å². The van der Waals surface area contributed by atoms with E-state index in [1.54, 1.807) is 24.2 Å². The molecular formula is C18H20F3N5O2. The molecule has 3 rings (SSSR count). The van der Waals surface area contributed by atoms with Gasteiger partial charge in [-0.2, -0.15) is 13.2 Å². The van der Waals surface area contributed by atoms with Gasteiger partial charge in [-0.25, -0.2) is 15.4 Å². The van der Waals surface area contributed by atoms with Crippen LogP contribution in [-0.4, -0.2) is 46.5 Å². The van der Waals surface area contributed by atoms with E-state index in [2.05, 4.69) is 20.8 Å². The third kappa shape index (κ3) is 5.17. The first-order valence-corrected chi connectivity index (χ1v) is 8.64. The van der Waals surface area contributed by atoms with E-state index in [1.165, 1.54) is 18.5 Å². The van der Waals surface area contributed by atoms with Crippen LogP contribution in [0, 0.1) is 0 Å². The number of carbonyl (C=O) groups excluding carboxylic acids is 1. The number of alkyl halides is 3. The number of likely N-dealkylation sites (N-methyl/N-ethyl adjacent to an activating group) is 1. The molecule has 1 aromatic heterocycles. The third-order valence-electron chi connectivity index (χ3n) is 4.31. The summed E-state index contributed by atoms with van der Waals surface area (Å²) in [5.74, 6) is 0.0139. The number of aromatic nitrogens is 2. The molecule has 1 saturated heterocycles. The zero-order valence-corrected chi connectivity index (χ0v) is 15.1. The third-order valence-corrected chi connectivity index (χ3v) is 4.31. The lowest BCUT2D eigenvalue weighted by atomic mass is 10.1. The van der Waals surface area contributed by atoms with Crippen molar-refractivity contribution in [2.45, 2.75) is 31.2 Å². The maximum absolute atomic E-state index is 12.8. The van der Waals surface area contributed by atoms with Gasteiger partial charge in [-0.15, -0.1) is 0 Å². The van der Waals surface area contributed by atoms with Gasteiger partial charge in [0, 0.05) is 13.2 Å². The number of carbonyl (C=O) groups is 1. The summed E-state index contributed by atoms with van der Waals surface area (Å²) in [6.45, 7) is 0.485. The number of ether oxygens (including phenoxy) is 1. The summed E-state index contributed by atoms with van der Waals surface area (Å²) in [6.07, 6.45) is -0.939. The molecule has 2 unspecified atom stereocenters. The van der Waals surface area contributed by atoms with Crippen molar-refractivity contribution in [1.29, 1.82) is 0 Å². The monoisotopic (exact) mass is 395 g/mol. The molecule has 28 heavy (non-hydrogen) atoms. The first kappa shape index (κ1) is 20.0. The molecular weight excluding hydrogens is 375 g/mol. The summed E-state index contributed by atoms with van der Waals surface area (Å²) in [5.41, 5.74) is 5.82. The molecule has 2 heterocycles. The number of nitrogens with one attached hydrogen (secondary N) is 2. The molecule has 1 amide bonds. The Morgan fingerprint density at radius 2 is 2.14 bits per heavy atom. The number of hydrazine groups is 1. The predicted molar refractivity (Wildman–Crippen MR) is 93.9 cm³/mol. The van der Waals surface area contributed by atoms with Crippen LogP contribution in [0.5, 0.6) is 5.75 Å². The standard InChI is InChI=1S/C18H20F3N5O2/c1-26(9-13-5-6-22-11-23-13)17(27)16-8-14(24-25-16)10-28-15-4-2-3-12(7-15)18(19,20)21/h2-7,11,14,16,24-25H,8-10H2,1H3. The predicted octanol–water partition coefficient (Wildman–Crippen LogP) is 1.77. The highest BCUT2D eigenvalue weighted by atomic mass is 19.4. The fourth-order valence-electron chi connectivity index (χ4n) is 2.85. The molecule has 1 aliphatic rings. The van der Waals surface area contributed by atoms with Gasteiger partial charge in [-0.05, 0) is 30.7 Å². The minimum atomic E-state index is -4.42. The van der Waals surface area contributed by atoms with E-state index in [4.69, 9.17) is 4.74 Å². The molecule has 2 N–H and O–H groups in total. The van der Waals surface area contributed by atoms with Gasteiger partial charge >= 0.3 is 6.18 Å². The van der Waals surface area contributed by atoms with Crippen molar-refractivity contribution in [1.82, 2.24) is 25.7 Å². The zero-order valence-electron chi connectivity index (χ0n) is 15.1. The molecule has 10 heteroatoms. The van der Waals surface area contributed by atoms with Gasteiger partial charge in [0.05, 0.1) is 23.8 Å².